The van der Waals surface area contributed by atoms with Crippen molar-refractivity contribution in [1.82, 2.24) is 4.90 Å². The van der Waals surface area contributed by atoms with Gasteiger partial charge in [0.25, 0.3) is 0 Å². The molecule has 5 N–H and O–H groups in total. The molecule has 0 radical (unpaired) electrons. The molecule has 0 spiro atoms. The summed E-state index contributed by atoms with van der Waals surface area (Å²) in [5.74, 6) is -2.68. The third-order valence-electron chi connectivity index (χ3n) is 12.4. The number of rotatable bonds is 9. The van der Waals surface area contributed by atoms with E-state index in [1.807, 2.05) is 41.7 Å². The lowest BCUT2D eigenvalue weighted by molar-refractivity contribution is -0.317. The van der Waals surface area contributed by atoms with Crippen LogP contribution in [-0.4, -0.2) is 148 Å². The van der Waals surface area contributed by atoms with Crippen LogP contribution in [-0.2, 0) is 38.0 Å². The second-order valence-corrected chi connectivity index (χ2v) is 16.6. The number of carbonyl (C=O) groups excluding carboxylic acids is 1. The first-order valence-corrected chi connectivity index (χ1v) is 19.0. The number of fused-ring (bicyclic) bond motifs is 2. The second kappa shape index (κ2) is 16.7. The fourth-order valence-corrected chi connectivity index (χ4v) is 8.86. The molecule has 0 aliphatic carbocycles. The minimum atomic E-state index is -1.98. The van der Waals surface area contributed by atoms with Gasteiger partial charge in [-0.1, -0.05) is 20.8 Å². The van der Waals surface area contributed by atoms with Gasteiger partial charge in [-0.25, -0.2) is 0 Å². The van der Waals surface area contributed by atoms with Gasteiger partial charge < -0.3 is 63.6 Å². The maximum atomic E-state index is 14.2. The molecule has 14 heteroatoms. The van der Waals surface area contributed by atoms with E-state index in [-0.39, 0.29) is 25.0 Å². The lowest BCUT2D eigenvalue weighted by Gasteiger charge is -2.48. The smallest absolute Gasteiger partial charge is 0.311 e. The zero-order valence-electron chi connectivity index (χ0n) is 33.3. The largest absolute Gasteiger partial charge is 0.489 e. The minimum Gasteiger partial charge on any atom is -0.489 e. The summed E-state index contributed by atoms with van der Waals surface area (Å²) in [4.78, 5) is 16.2. The fraction of sp³-hybridized carbons (Fsp3) is 0.921. The van der Waals surface area contributed by atoms with Gasteiger partial charge in [-0.2, -0.15) is 0 Å². The lowest BCUT2D eigenvalue weighted by Crippen LogP contribution is -2.60. The Morgan fingerprint density at radius 3 is 2.23 bits per heavy atom. The maximum Gasteiger partial charge on any atom is 0.311 e. The molecule has 4 aliphatic rings. The van der Waals surface area contributed by atoms with Crippen LogP contribution in [0.25, 0.3) is 0 Å². The molecule has 4 rings (SSSR count). The summed E-state index contributed by atoms with van der Waals surface area (Å²) >= 11 is 0. The molecule has 0 amide bonds. The molecule has 302 valence electrons. The van der Waals surface area contributed by atoms with Crippen molar-refractivity contribution in [2.75, 3.05) is 27.3 Å². The quantitative estimate of drug-likeness (QED) is 0.217. The van der Waals surface area contributed by atoms with Crippen molar-refractivity contribution in [3.05, 3.63) is 11.3 Å². The first kappa shape index (κ1) is 43.3. The number of aliphatic hydroxyl groups is 5. The molecule has 3 fully saturated rings. The monoisotopic (exact) mass is 745 g/mol. The summed E-state index contributed by atoms with van der Waals surface area (Å²) in [6.07, 6.45) is -8.45. The molecule has 17 atom stereocenters. The third-order valence-corrected chi connectivity index (χ3v) is 12.4. The van der Waals surface area contributed by atoms with Gasteiger partial charge in [-0.05, 0) is 74.1 Å². The summed E-state index contributed by atoms with van der Waals surface area (Å²) in [7, 11) is 3.46. The van der Waals surface area contributed by atoms with E-state index in [0.29, 0.717) is 25.1 Å². The molecule has 14 nitrogen and oxygen atoms in total. The number of carbonyl (C=O) groups is 1. The molecular formula is C38H67NO13. The van der Waals surface area contributed by atoms with Gasteiger partial charge in [0.2, 0.25) is 0 Å². The van der Waals surface area contributed by atoms with Gasteiger partial charge >= 0.3 is 5.97 Å². The first-order chi connectivity index (χ1) is 24.1. The lowest BCUT2D eigenvalue weighted by atomic mass is 9.78. The molecule has 0 saturated carbocycles. The summed E-state index contributed by atoms with van der Waals surface area (Å²) in [6.45, 7) is 18.2. The summed E-state index contributed by atoms with van der Waals surface area (Å²) in [6, 6.07) is -0.242. The van der Waals surface area contributed by atoms with Crippen LogP contribution in [0.2, 0.25) is 0 Å². The molecular weight excluding hydrogens is 678 g/mol. The molecule has 2 bridgehead atoms. The van der Waals surface area contributed by atoms with Crippen LogP contribution in [0.3, 0.4) is 0 Å². The van der Waals surface area contributed by atoms with Crippen molar-refractivity contribution < 1.29 is 63.5 Å². The van der Waals surface area contributed by atoms with Crippen LogP contribution >= 0.6 is 0 Å². The SMILES string of the molecule is CCN(C)C1CC(C)OC(OC2C(C)C(OC3CC(C)(OC)C(O)C(C)O3)C(C)C(=O)OC(CCO)C(C)(O)C(O)C(C)C3=C(C)CC2(C)O3)C1O. The highest BCUT2D eigenvalue weighted by molar-refractivity contribution is 5.73. The number of hydrogen-bond donors (Lipinski definition) is 5. The number of hydrogen-bond acceptors (Lipinski definition) is 14. The Balaban J connectivity index is 1.85. The molecule has 17 unspecified atom stereocenters. The number of likely N-dealkylation sites (N-methyl/N-ethyl adjacent to an activating group) is 1. The van der Waals surface area contributed by atoms with Gasteiger partial charge in [0, 0.05) is 50.9 Å². The van der Waals surface area contributed by atoms with Crippen LogP contribution < -0.4 is 0 Å². The van der Waals surface area contributed by atoms with Gasteiger partial charge in [-0.3, -0.25) is 4.79 Å². The average molecular weight is 746 g/mol. The van der Waals surface area contributed by atoms with Crippen molar-refractivity contribution in [3.63, 3.8) is 0 Å². The number of esters is 1. The third kappa shape index (κ3) is 8.52. The molecule has 4 heterocycles. The Hall–Kier alpha value is -1.43. The van der Waals surface area contributed by atoms with Crippen molar-refractivity contribution in [1.29, 1.82) is 0 Å². The van der Waals surface area contributed by atoms with Gasteiger partial charge in [0.1, 0.15) is 41.4 Å². The average Bonchev–Trinajstić information content (AvgIpc) is 3.41. The minimum absolute atomic E-state index is 0.131. The highest BCUT2D eigenvalue weighted by atomic mass is 16.7. The zero-order chi connectivity index (χ0) is 39.1. The van der Waals surface area contributed by atoms with Crippen molar-refractivity contribution in [2.45, 2.75) is 179 Å². The van der Waals surface area contributed by atoms with E-state index in [1.165, 1.54) is 14.0 Å². The van der Waals surface area contributed by atoms with Crippen LogP contribution in [0.4, 0.5) is 0 Å². The highest BCUT2D eigenvalue weighted by Gasteiger charge is 2.56. The Kier molecular flexibility index (Phi) is 13.9. The van der Waals surface area contributed by atoms with Crippen LogP contribution in [0.1, 0.15) is 94.9 Å². The van der Waals surface area contributed by atoms with Crippen molar-refractivity contribution in [2.24, 2.45) is 17.8 Å². The Morgan fingerprint density at radius 1 is 0.981 bits per heavy atom. The highest BCUT2D eigenvalue weighted by Crippen LogP contribution is 2.47. The maximum absolute atomic E-state index is 14.2. The Bertz CT molecular complexity index is 1250. The summed E-state index contributed by atoms with van der Waals surface area (Å²) in [5.41, 5.74) is -3.27. The van der Waals surface area contributed by atoms with Crippen LogP contribution in [0, 0.1) is 17.8 Å². The topological polar surface area (TPSA) is 186 Å². The number of methoxy groups -OCH3 is 1. The van der Waals surface area contributed by atoms with Gasteiger partial charge in [-0.15, -0.1) is 0 Å². The van der Waals surface area contributed by atoms with Crippen molar-refractivity contribution in [3.8, 4) is 0 Å². The number of ether oxygens (including phenoxy) is 7. The Labute approximate surface area is 309 Å². The van der Waals surface area contributed by atoms with Gasteiger partial charge in [0.15, 0.2) is 12.6 Å². The van der Waals surface area contributed by atoms with E-state index in [9.17, 15) is 30.3 Å². The van der Waals surface area contributed by atoms with Crippen LogP contribution in [0.5, 0.6) is 0 Å². The van der Waals surface area contributed by atoms with Gasteiger partial charge in [0.05, 0.1) is 35.9 Å². The number of aliphatic hydroxyl groups excluding tert-OH is 4. The first-order valence-electron chi connectivity index (χ1n) is 19.0. The standard InChI is InChI=1S/C38H67NO13/c1-13-39(11)25-16-20(3)47-35(28(25)41)51-33-22(5)30(50-27-18-36(8,46-12)32(43)24(7)48-27)23(6)34(44)49-26(14-15-40)38(10,45)31(42)21(4)29-19(2)17-37(33,9)52-29/h20-28,30-33,35,40-43,45H,13-18H2,1-12H3. The Morgan fingerprint density at radius 2 is 1.63 bits per heavy atom. The predicted octanol–water partition coefficient (Wildman–Crippen LogP) is 2.25. The zero-order valence-corrected chi connectivity index (χ0v) is 33.3. The summed E-state index contributed by atoms with van der Waals surface area (Å²) in [5, 5.41) is 56.0. The molecule has 0 aromatic rings. The normalized spacial score (nSPS) is 48.1. The predicted molar refractivity (Wildman–Crippen MR) is 190 cm³/mol. The van der Waals surface area contributed by atoms with Crippen molar-refractivity contribution >= 4 is 5.97 Å². The molecule has 0 aromatic heterocycles. The van der Waals surface area contributed by atoms with E-state index in [1.54, 1.807) is 27.7 Å². The molecule has 4 aliphatic heterocycles. The number of cyclic esters (lactones) is 1. The molecule has 3 saturated heterocycles. The molecule has 0 aromatic carbocycles. The second-order valence-electron chi connectivity index (χ2n) is 16.6. The fourth-order valence-electron chi connectivity index (χ4n) is 8.86. The van der Waals surface area contributed by atoms with Crippen LogP contribution in [0.15, 0.2) is 11.3 Å². The summed E-state index contributed by atoms with van der Waals surface area (Å²) < 4.78 is 44.6. The van der Waals surface area contributed by atoms with E-state index in [4.69, 9.17) is 33.2 Å². The van der Waals surface area contributed by atoms with E-state index < -0.39 is 102 Å². The van der Waals surface area contributed by atoms with E-state index >= 15 is 0 Å². The van der Waals surface area contributed by atoms with E-state index in [0.717, 1.165) is 5.57 Å². The van der Waals surface area contributed by atoms with E-state index in [2.05, 4.69) is 4.90 Å². The molecule has 52 heavy (non-hydrogen) atoms. The number of nitrogens with zero attached hydrogens (tertiary/aromatic N) is 1.